The van der Waals surface area contributed by atoms with Gasteiger partial charge in [-0.25, -0.2) is 8.42 Å². The van der Waals surface area contributed by atoms with Gasteiger partial charge in [0.15, 0.2) is 5.76 Å². The highest BCUT2D eigenvalue weighted by Gasteiger charge is 2.30. The summed E-state index contributed by atoms with van der Waals surface area (Å²) in [7, 11) is -3.57. The van der Waals surface area contributed by atoms with Gasteiger partial charge in [-0.05, 0) is 54.2 Å². The van der Waals surface area contributed by atoms with Crippen molar-refractivity contribution >= 4 is 15.9 Å². The van der Waals surface area contributed by atoms with Crippen LogP contribution in [0, 0.1) is 5.92 Å². The number of hydrogen-bond donors (Lipinski definition) is 1. The molecule has 156 valence electrons. The van der Waals surface area contributed by atoms with Gasteiger partial charge in [0, 0.05) is 19.6 Å². The molecule has 0 spiro atoms. The van der Waals surface area contributed by atoms with Gasteiger partial charge in [0.2, 0.25) is 10.0 Å². The maximum absolute atomic E-state index is 13.1. The third-order valence-electron chi connectivity index (χ3n) is 5.38. The number of furan rings is 1. The molecule has 2 heterocycles. The predicted octanol–water partition coefficient (Wildman–Crippen LogP) is 3.78. The van der Waals surface area contributed by atoms with Crippen LogP contribution in [-0.4, -0.2) is 38.3 Å². The van der Waals surface area contributed by atoms with Gasteiger partial charge in [-0.3, -0.25) is 4.79 Å². The second-order valence-electron chi connectivity index (χ2n) is 7.45. The molecular weight excluding hydrogens is 400 g/mol. The first kappa shape index (κ1) is 20.4. The third-order valence-corrected chi connectivity index (χ3v) is 7.26. The molecule has 1 aromatic heterocycles. The molecule has 1 aliphatic rings. The summed E-state index contributed by atoms with van der Waals surface area (Å²) in [6.07, 6.45) is 3.09. The largest absolute Gasteiger partial charge is 0.459 e. The Morgan fingerprint density at radius 1 is 1.00 bits per heavy atom. The molecule has 1 fully saturated rings. The van der Waals surface area contributed by atoms with Crippen molar-refractivity contribution in [2.75, 3.05) is 19.6 Å². The van der Waals surface area contributed by atoms with Gasteiger partial charge < -0.3 is 9.73 Å². The summed E-state index contributed by atoms with van der Waals surface area (Å²) in [5.74, 6) is 0.0429. The Bertz CT molecular complexity index is 1080. The third kappa shape index (κ3) is 4.47. The van der Waals surface area contributed by atoms with Crippen molar-refractivity contribution in [3.63, 3.8) is 0 Å². The fourth-order valence-electron chi connectivity index (χ4n) is 3.74. The first-order chi connectivity index (χ1) is 14.5. The lowest BCUT2D eigenvalue weighted by atomic mass is 10.00. The van der Waals surface area contributed by atoms with E-state index in [1.807, 2.05) is 42.5 Å². The van der Waals surface area contributed by atoms with E-state index in [0.29, 0.717) is 24.5 Å². The molecule has 30 heavy (non-hydrogen) atoms. The topological polar surface area (TPSA) is 79.6 Å². The molecular formula is C23H24N2O4S. The molecule has 1 atom stereocenters. The lowest BCUT2D eigenvalue weighted by molar-refractivity contribution is 0.0913. The van der Waals surface area contributed by atoms with Crippen molar-refractivity contribution in [3.8, 4) is 11.1 Å². The first-order valence-corrected chi connectivity index (χ1v) is 11.5. The van der Waals surface area contributed by atoms with E-state index in [-0.39, 0.29) is 17.6 Å². The van der Waals surface area contributed by atoms with Crippen LogP contribution in [0.5, 0.6) is 0 Å². The number of benzene rings is 2. The Hall–Kier alpha value is -2.90. The zero-order chi connectivity index (χ0) is 21.0. The van der Waals surface area contributed by atoms with Crippen LogP contribution in [0.1, 0.15) is 23.4 Å². The van der Waals surface area contributed by atoms with Gasteiger partial charge in [-0.15, -0.1) is 0 Å². The molecule has 0 aliphatic carbocycles. The smallest absolute Gasteiger partial charge is 0.286 e. The summed E-state index contributed by atoms with van der Waals surface area (Å²) in [6.45, 7) is 1.30. The van der Waals surface area contributed by atoms with Gasteiger partial charge in [-0.2, -0.15) is 4.31 Å². The summed E-state index contributed by atoms with van der Waals surface area (Å²) in [4.78, 5) is 12.4. The molecule has 3 aromatic rings. The molecule has 1 aliphatic heterocycles. The van der Waals surface area contributed by atoms with Crippen LogP contribution in [0.2, 0.25) is 0 Å². The summed E-state index contributed by atoms with van der Waals surface area (Å²) in [5.41, 5.74) is 2.03. The average molecular weight is 425 g/mol. The van der Waals surface area contributed by atoms with Crippen LogP contribution >= 0.6 is 0 Å². The Balaban J connectivity index is 1.41. The normalized spacial score (nSPS) is 17.5. The summed E-state index contributed by atoms with van der Waals surface area (Å²) in [6, 6.07) is 20.1. The molecule has 0 saturated carbocycles. The number of rotatable bonds is 6. The molecule has 1 saturated heterocycles. The van der Waals surface area contributed by atoms with Crippen molar-refractivity contribution in [1.82, 2.24) is 9.62 Å². The Morgan fingerprint density at radius 2 is 1.73 bits per heavy atom. The van der Waals surface area contributed by atoms with E-state index in [9.17, 15) is 13.2 Å². The van der Waals surface area contributed by atoms with E-state index in [0.717, 1.165) is 24.0 Å². The molecule has 4 rings (SSSR count). The van der Waals surface area contributed by atoms with Crippen LogP contribution in [0.3, 0.4) is 0 Å². The Morgan fingerprint density at radius 3 is 2.43 bits per heavy atom. The van der Waals surface area contributed by atoms with E-state index in [4.69, 9.17) is 4.42 Å². The number of piperidine rings is 1. The van der Waals surface area contributed by atoms with E-state index >= 15 is 0 Å². The Labute approximate surface area is 176 Å². The SMILES string of the molecule is O=C(NCC1CCCN(S(=O)(=O)c2ccc(-c3ccccc3)cc2)C1)c1ccco1. The Kier molecular flexibility index (Phi) is 6.01. The number of carbonyl (C=O) groups is 1. The lowest BCUT2D eigenvalue weighted by Gasteiger charge is -2.32. The van der Waals surface area contributed by atoms with Gasteiger partial charge in [0.25, 0.3) is 5.91 Å². The van der Waals surface area contributed by atoms with Gasteiger partial charge in [0.05, 0.1) is 11.2 Å². The van der Waals surface area contributed by atoms with Gasteiger partial charge >= 0.3 is 0 Å². The van der Waals surface area contributed by atoms with Gasteiger partial charge in [0.1, 0.15) is 0 Å². The quantitative estimate of drug-likeness (QED) is 0.653. The number of nitrogens with one attached hydrogen (secondary N) is 1. The van der Waals surface area contributed by atoms with Crippen molar-refractivity contribution in [2.24, 2.45) is 5.92 Å². The number of carbonyl (C=O) groups excluding carboxylic acids is 1. The van der Waals surface area contributed by atoms with Crippen LogP contribution in [0.25, 0.3) is 11.1 Å². The summed E-state index contributed by atoms with van der Waals surface area (Å²) >= 11 is 0. The van der Waals surface area contributed by atoms with E-state index < -0.39 is 10.0 Å². The minimum Gasteiger partial charge on any atom is -0.459 e. The first-order valence-electron chi connectivity index (χ1n) is 10.0. The van der Waals surface area contributed by atoms with E-state index in [2.05, 4.69) is 5.32 Å². The van der Waals surface area contributed by atoms with E-state index in [1.54, 1.807) is 24.3 Å². The van der Waals surface area contributed by atoms with Crippen molar-refractivity contribution in [3.05, 3.63) is 78.8 Å². The molecule has 0 radical (unpaired) electrons. The highest BCUT2D eigenvalue weighted by atomic mass is 32.2. The number of hydrogen-bond acceptors (Lipinski definition) is 4. The van der Waals surface area contributed by atoms with Crippen molar-refractivity contribution in [2.45, 2.75) is 17.7 Å². The lowest BCUT2D eigenvalue weighted by Crippen LogP contribution is -2.43. The molecule has 1 N–H and O–H groups in total. The zero-order valence-electron chi connectivity index (χ0n) is 16.5. The minimum atomic E-state index is -3.57. The fraction of sp³-hybridized carbons (Fsp3) is 0.261. The fourth-order valence-corrected chi connectivity index (χ4v) is 5.30. The highest BCUT2D eigenvalue weighted by Crippen LogP contribution is 2.26. The summed E-state index contributed by atoms with van der Waals surface area (Å²) < 4.78 is 32.9. The standard InChI is InChI=1S/C23H24N2O4S/c26-23(22-9-5-15-29-22)24-16-18-6-4-14-25(17-18)30(27,28)21-12-10-20(11-13-21)19-7-2-1-3-8-19/h1-3,5,7-13,15,18H,4,6,14,16-17H2,(H,24,26). The molecule has 1 amide bonds. The van der Waals surface area contributed by atoms with Crippen LogP contribution in [0.4, 0.5) is 0 Å². The van der Waals surface area contributed by atoms with E-state index in [1.165, 1.54) is 10.6 Å². The second-order valence-corrected chi connectivity index (χ2v) is 9.39. The maximum atomic E-state index is 13.1. The van der Waals surface area contributed by atoms with Crippen molar-refractivity contribution < 1.29 is 17.6 Å². The number of sulfonamides is 1. The minimum absolute atomic E-state index is 0.0658. The van der Waals surface area contributed by atoms with Gasteiger partial charge in [-0.1, -0.05) is 42.5 Å². The zero-order valence-corrected chi connectivity index (χ0v) is 17.3. The molecule has 7 heteroatoms. The van der Waals surface area contributed by atoms with Crippen LogP contribution in [-0.2, 0) is 10.0 Å². The summed E-state index contributed by atoms with van der Waals surface area (Å²) in [5, 5.41) is 2.84. The number of nitrogens with zero attached hydrogens (tertiary/aromatic N) is 1. The average Bonchev–Trinajstić information content (AvgIpc) is 3.33. The number of amides is 1. The maximum Gasteiger partial charge on any atom is 0.286 e. The second kappa shape index (κ2) is 8.85. The van der Waals surface area contributed by atoms with Crippen molar-refractivity contribution in [1.29, 1.82) is 0 Å². The van der Waals surface area contributed by atoms with Crippen LogP contribution < -0.4 is 5.32 Å². The molecule has 0 bridgehead atoms. The monoisotopic (exact) mass is 424 g/mol. The van der Waals surface area contributed by atoms with Crippen LogP contribution in [0.15, 0.2) is 82.3 Å². The highest BCUT2D eigenvalue weighted by molar-refractivity contribution is 7.89. The predicted molar refractivity (Wildman–Crippen MR) is 114 cm³/mol. The molecule has 1 unspecified atom stereocenters. The molecule has 6 nitrogen and oxygen atoms in total. The molecule has 2 aromatic carbocycles.